The van der Waals surface area contributed by atoms with E-state index in [4.69, 9.17) is 0 Å². The average molecular weight is 486 g/mol. The predicted molar refractivity (Wildman–Crippen MR) is 127 cm³/mol. The van der Waals surface area contributed by atoms with Gasteiger partial charge >= 0.3 is 6.03 Å². The highest BCUT2D eigenvalue weighted by Crippen LogP contribution is 2.33. The number of halogens is 1. The van der Waals surface area contributed by atoms with Crippen LogP contribution in [0.25, 0.3) is 5.69 Å². The Labute approximate surface area is 198 Å². The molecule has 3 aromatic rings. The third kappa shape index (κ3) is 4.82. The van der Waals surface area contributed by atoms with Gasteiger partial charge in [-0.2, -0.15) is 5.10 Å². The number of nitrogens with one attached hydrogen (secondary N) is 1. The number of rotatable bonds is 6. The lowest BCUT2D eigenvalue weighted by molar-refractivity contribution is 0.238. The summed E-state index contributed by atoms with van der Waals surface area (Å²) in [7, 11) is -3.47. The van der Waals surface area contributed by atoms with Crippen molar-refractivity contribution in [2.45, 2.75) is 56.6 Å². The molecule has 1 N–H and O–H groups in total. The van der Waals surface area contributed by atoms with Crippen LogP contribution in [0.2, 0.25) is 0 Å². The minimum absolute atomic E-state index is 0.0189. The van der Waals surface area contributed by atoms with Gasteiger partial charge in [-0.3, -0.25) is 4.90 Å². The lowest BCUT2D eigenvalue weighted by Crippen LogP contribution is -2.48. The van der Waals surface area contributed by atoms with Gasteiger partial charge in [0.15, 0.2) is 14.9 Å². The summed E-state index contributed by atoms with van der Waals surface area (Å²) in [6, 6.07) is 10.1. The van der Waals surface area contributed by atoms with Crippen molar-refractivity contribution >= 4 is 21.6 Å². The molecule has 34 heavy (non-hydrogen) atoms. The summed E-state index contributed by atoms with van der Waals surface area (Å²) in [6.45, 7) is 3.98. The second-order valence-electron chi connectivity index (χ2n) is 8.59. The number of aromatic nitrogens is 3. The van der Waals surface area contributed by atoms with Gasteiger partial charge in [-0.25, -0.2) is 27.3 Å². The molecule has 0 spiro atoms. The summed E-state index contributed by atoms with van der Waals surface area (Å²) in [5.74, 6) is -0.324. The molecule has 2 amide bonds. The van der Waals surface area contributed by atoms with E-state index in [-0.39, 0.29) is 22.9 Å². The van der Waals surface area contributed by atoms with E-state index in [1.54, 1.807) is 40.0 Å². The molecule has 1 aromatic carbocycles. The van der Waals surface area contributed by atoms with Crippen LogP contribution in [0.4, 0.5) is 14.9 Å². The minimum Gasteiger partial charge on any atom is -0.329 e. The number of anilines is 1. The second kappa shape index (κ2) is 9.54. The number of nitrogens with zero attached hydrogens (tertiary/aromatic N) is 4. The number of sulfone groups is 1. The lowest BCUT2D eigenvalue weighted by atomic mass is 10.0. The lowest BCUT2D eigenvalue weighted by Gasteiger charge is -2.34. The van der Waals surface area contributed by atoms with Crippen molar-refractivity contribution in [3.8, 4) is 5.69 Å². The zero-order chi connectivity index (χ0) is 24.5. The van der Waals surface area contributed by atoms with E-state index < -0.39 is 15.9 Å². The highest BCUT2D eigenvalue weighted by molar-refractivity contribution is 7.90. The van der Waals surface area contributed by atoms with E-state index in [1.165, 1.54) is 18.2 Å². The van der Waals surface area contributed by atoms with Crippen LogP contribution in [0.5, 0.6) is 0 Å². The van der Waals surface area contributed by atoms with Crippen LogP contribution in [0.1, 0.15) is 50.5 Å². The van der Waals surface area contributed by atoms with Gasteiger partial charge in [-0.05, 0) is 62.6 Å². The second-order valence-corrected chi connectivity index (χ2v) is 10.5. The zero-order valence-electron chi connectivity index (χ0n) is 19.4. The maximum atomic E-state index is 13.5. The smallest absolute Gasteiger partial charge is 0.322 e. The molecule has 1 aliphatic rings. The average Bonchev–Trinajstić information content (AvgIpc) is 3.22. The number of hydrogen-bond acceptors (Lipinski definition) is 5. The zero-order valence-corrected chi connectivity index (χ0v) is 20.2. The molecule has 0 saturated carbocycles. The summed E-state index contributed by atoms with van der Waals surface area (Å²) in [5, 5.41) is 7.51. The number of carbonyl (C=O) groups excluding carboxylic acids is 1. The van der Waals surface area contributed by atoms with Gasteiger partial charge in [0.2, 0.25) is 0 Å². The molecule has 0 fully saturated rings. The normalized spacial score (nSPS) is 16.7. The molecule has 8 nitrogen and oxygen atoms in total. The van der Waals surface area contributed by atoms with Gasteiger partial charge in [-0.15, -0.1) is 0 Å². The van der Waals surface area contributed by atoms with Crippen molar-refractivity contribution in [3.05, 3.63) is 65.9 Å². The van der Waals surface area contributed by atoms with Crippen molar-refractivity contribution in [1.82, 2.24) is 20.1 Å². The Morgan fingerprint density at radius 3 is 2.65 bits per heavy atom. The van der Waals surface area contributed by atoms with E-state index in [2.05, 4.69) is 15.4 Å². The number of fused-ring (bicyclic) bond motifs is 1. The Morgan fingerprint density at radius 1 is 1.24 bits per heavy atom. The van der Waals surface area contributed by atoms with Gasteiger partial charge < -0.3 is 5.32 Å². The number of benzene rings is 1. The molecule has 0 bridgehead atoms. The Morgan fingerprint density at radius 2 is 1.97 bits per heavy atom. The molecule has 10 heteroatoms. The molecule has 2 aromatic heterocycles. The molecule has 180 valence electrons. The third-order valence-corrected chi connectivity index (χ3v) is 6.98. The van der Waals surface area contributed by atoms with Crippen molar-refractivity contribution < 1.29 is 17.6 Å². The van der Waals surface area contributed by atoms with Gasteiger partial charge in [-0.1, -0.05) is 19.4 Å². The third-order valence-electron chi connectivity index (χ3n) is 5.99. The van der Waals surface area contributed by atoms with Crippen LogP contribution in [-0.2, 0) is 16.3 Å². The summed E-state index contributed by atoms with van der Waals surface area (Å²) >= 11 is 0. The van der Waals surface area contributed by atoms with Crippen LogP contribution < -0.4 is 10.2 Å². The molecule has 0 saturated heterocycles. The van der Waals surface area contributed by atoms with E-state index in [0.29, 0.717) is 17.8 Å². The fourth-order valence-corrected chi connectivity index (χ4v) is 4.86. The maximum absolute atomic E-state index is 13.5. The van der Waals surface area contributed by atoms with E-state index >= 15 is 0 Å². The molecule has 2 atom stereocenters. The topological polar surface area (TPSA) is 97.2 Å². The van der Waals surface area contributed by atoms with Crippen molar-refractivity contribution in [2.75, 3.05) is 11.2 Å². The monoisotopic (exact) mass is 485 g/mol. The first-order valence-electron chi connectivity index (χ1n) is 11.3. The molecule has 4 rings (SSSR count). The SMILES string of the molecule is CCCC(NC(=O)N1c2cnn(-c3ccc(F)cc3)c2CCC1C)c1cccc(S(C)(=O)=O)n1. The summed E-state index contributed by atoms with van der Waals surface area (Å²) in [4.78, 5) is 19.5. The van der Waals surface area contributed by atoms with Crippen LogP contribution >= 0.6 is 0 Å². The highest BCUT2D eigenvalue weighted by Gasteiger charge is 2.33. The summed E-state index contributed by atoms with van der Waals surface area (Å²) in [6.07, 6.45) is 5.63. The Kier molecular flexibility index (Phi) is 6.70. The van der Waals surface area contributed by atoms with E-state index in [9.17, 15) is 17.6 Å². The fourth-order valence-electron chi connectivity index (χ4n) is 4.26. The van der Waals surface area contributed by atoms with Gasteiger partial charge in [0, 0.05) is 12.3 Å². The molecular weight excluding hydrogens is 457 g/mol. The summed E-state index contributed by atoms with van der Waals surface area (Å²) in [5.41, 5.74) is 2.81. The van der Waals surface area contributed by atoms with E-state index in [0.717, 1.165) is 36.9 Å². The van der Waals surface area contributed by atoms with Crippen molar-refractivity contribution in [3.63, 3.8) is 0 Å². The first kappa shape index (κ1) is 23.9. The van der Waals surface area contributed by atoms with Gasteiger partial charge in [0.25, 0.3) is 0 Å². The molecular formula is C24H28FN5O3S. The largest absolute Gasteiger partial charge is 0.329 e. The fraction of sp³-hybridized carbons (Fsp3) is 0.375. The number of carbonyl (C=O) groups is 1. The van der Waals surface area contributed by atoms with Gasteiger partial charge in [0.05, 0.1) is 35.0 Å². The number of amides is 2. The van der Waals surface area contributed by atoms with Gasteiger partial charge in [0.1, 0.15) is 5.82 Å². The van der Waals surface area contributed by atoms with Crippen LogP contribution in [0, 0.1) is 5.82 Å². The maximum Gasteiger partial charge on any atom is 0.322 e. The molecule has 0 aliphatic carbocycles. The predicted octanol–water partition coefficient (Wildman–Crippen LogP) is 4.20. The van der Waals surface area contributed by atoms with Crippen LogP contribution in [0.3, 0.4) is 0 Å². The number of pyridine rings is 1. The Hall–Kier alpha value is -3.27. The summed E-state index contributed by atoms with van der Waals surface area (Å²) < 4.78 is 39.0. The first-order valence-corrected chi connectivity index (χ1v) is 13.2. The van der Waals surface area contributed by atoms with Crippen molar-refractivity contribution in [1.29, 1.82) is 0 Å². The standard InChI is InChI=1S/C24H28FN5O3S/c1-4-6-19(20-7-5-8-23(27-20)34(3,32)33)28-24(31)29-16(2)9-14-21-22(29)15-26-30(21)18-12-10-17(25)11-13-18/h5,7-8,10-13,15-16,19H,4,6,9,14H2,1-3H3,(H,28,31). The number of urea groups is 1. The first-order chi connectivity index (χ1) is 16.2. The highest BCUT2D eigenvalue weighted by atomic mass is 32.2. The molecule has 2 unspecified atom stereocenters. The molecule has 0 radical (unpaired) electrons. The van der Waals surface area contributed by atoms with Crippen molar-refractivity contribution in [2.24, 2.45) is 0 Å². The minimum atomic E-state index is -3.47. The van der Waals surface area contributed by atoms with Crippen LogP contribution in [-0.4, -0.2) is 41.5 Å². The molecule has 3 heterocycles. The Bertz CT molecular complexity index is 1290. The number of hydrogen-bond donors (Lipinski definition) is 1. The Balaban J connectivity index is 1.63. The quantitative estimate of drug-likeness (QED) is 0.564. The van der Waals surface area contributed by atoms with Crippen LogP contribution in [0.15, 0.2) is 53.7 Å². The molecule has 1 aliphatic heterocycles. The van der Waals surface area contributed by atoms with E-state index in [1.807, 2.05) is 13.8 Å².